The van der Waals surface area contributed by atoms with Crippen LogP contribution in [-0.4, -0.2) is 46.9 Å². The molecule has 1 fully saturated rings. The van der Waals surface area contributed by atoms with E-state index in [4.69, 9.17) is 9.47 Å². The van der Waals surface area contributed by atoms with Gasteiger partial charge in [-0.1, -0.05) is 24.3 Å². The largest absolute Gasteiger partial charge is 0.494 e. The average molecular weight is 553 g/mol. The highest BCUT2D eigenvalue weighted by atomic mass is 19.1. The average Bonchev–Trinajstić information content (AvgIpc) is 3.59. The molecule has 0 spiro atoms. The molecular weight excluding hydrogens is 527 g/mol. The molecule has 1 aliphatic rings. The number of hydrogen-bond donors (Lipinski definition) is 2. The van der Waals surface area contributed by atoms with Crippen LogP contribution in [0, 0.1) is 5.82 Å². The van der Waals surface area contributed by atoms with Gasteiger partial charge in [0.2, 0.25) is 11.9 Å². The van der Waals surface area contributed by atoms with Gasteiger partial charge in [-0.05, 0) is 59.7 Å². The Balaban J connectivity index is 1.14. The van der Waals surface area contributed by atoms with Crippen LogP contribution in [0.5, 0.6) is 5.75 Å². The standard InChI is InChI=1S/C30H25FN6O4/c1-40-26-17-24(36-14-15-41-30(36)39)11-12-25(26)33-29-34-27-13-6-21(18-37(27)35-29)20-4-9-23(10-5-20)32-28(38)16-19-2-7-22(31)8-3-19/h2-13,17-18H,14-16H2,1H3,(H,32,38)(H,33,35). The Morgan fingerprint density at radius 1 is 1.02 bits per heavy atom. The van der Waals surface area contributed by atoms with Crippen molar-refractivity contribution in [2.75, 3.05) is 35.8 Å². The number of cyclic esters (lactones) is 1. The molecule has 0 bridgehead atoms. The summed E-state index contributed by atoms with van der Waals surface area (Å²) in [6.45, 7) is 0.841. The summed E-state index contributed by atoms with van der Waals surface area (Å²) in [6, 6.07) is 22.5. The lowest BCUT2D eigenvalue weighted by atomic mass is 10.1. The van der Waals surface area contributed by atoms with Crippen LogP contribution in [-0.2, 0) is 16.0 Å². The van der Waals surface area contributed by atoms with Gasteiger partial charge in [0.05, 0.1) is 31.5 Å². The highest BCUT2D eigenvalue weighted by Crippen LogP contribution is 2.32. The normalized spacial score (nSPS) is 12.8. The fraction of sp³-hybridized carbons (Fsp3) is 0.133. The van der Waals surface area contributed by atoms with Gasteiger partial charge in [0, 0.05) is 23.5 Å². The zero-order chi connectivity index (χ0) is 28.3. The molecule has 0 radical (unpaired) electrons. The Morgan fingerprint density at radius 2 is 1.80 bits per heavy atom. The molecular formula is C30H25FN6O4. The number of nitrogens with zero attached hydrogens (tertiary/aromatic N) is 4. The summed E-state index contributed by atoms with van der Waals surface area (Å²) < 4.78 is 25.3. The third-order valence-electron chi connectivity index (χ3n) is 6.61. The number of hydrogen-bond acceptors (Lipinski definition) is 7. The van der Waals surface area contributed by atoms with Crippen molar-refractivity contribution in [1.82, 2.24) is 14.6 Å². The molecule has 41 heavy (non-hydrogen) atoms. The van der Waals surface area contributed by atoms with Gasteiger partial charge in [-0.15, -0.1) is 5.10 Å². The number of halogens is 1. The molecule has 2 aromatic heterocycles. The smallest absolute Gasteiger partial charge is 0.414 e. The summed E-state index contributed by atoms with van der Waals surface area (Å²) in [5.74, 6) is 0.401. The number of pyridine rings is 1. The number of anilines is 4. The molecule has 0 saturated carbocycles. The van der Waals surface area contributed by atoms with E-state index in [0.717, 1.165) is 16.7 Å². The number of amides is 2. The van der Waals surface area contributed by atoms with Crippen LogP contribution in [0.3, 0.4) is 0 Å². The highest BCUT2D eigenvalue weighted by molar-refractivity contribution is 5.92. The molecule has 0 aliphatic carbocycles. The second-order valence-corrected chi connectivity index (χ2v) is 9.36. The fourth-order valence-electron chi connectivity index (χ4n) is 4.55. The second-order valence-electron chi connectivity index (χ2n) is 9.36. The van der Waals surface area contributed by atoms with Gasteiger partial charge in [0.25, 0.3) is 0 Å². The van der Waals surface area contributed by atoms with E-state index in [2.05, 4.69) is 20.7 Å². The van der Waals surface area contributed by atoms with Gasteiger partial charge in [0.15, 0.2) is 5.65 Å². The lowest BCUT2D eigenvalue weighted by Crippen LogP contribution is -2.23. The van der Waals surface area contributed by atoms with Crippen LogP contribution in [0.1, 0.15) is 5.56 Å². The molecule has 1 saturated heterocycles. The first kappa shape index (κ1) is 25.8. The molecule has 5 aromatic rings. The molecule has 0 atom stereocenters. The van der Waals surface area contributed by atoms with Crippen LogP contribution < -0.4 is 20.3 Å². The zero-order valence-corrected chi connectivity index (χ0v) is 22.0. The van der Waals surface area contributed by atoms with Gasteiger partial charge < -0.3 is 20.1 Å². The molecule has 11 heteroatoms. The van der Waals surface area contributed by atoms with Crippen LogP contribution in [0.4, 0.5) is 32.2 Å². The summed E-state index contributed by atoms with van der Waals surface area (Å²) in [5.41, 5.74) is 5.23. The third kappa shape index (κ3) is 5.64. The molecule has 10 nitrogen and oxygen atoms in total. The predicted octanol–water partition coefficient (Wildman–Crippen LogP) is 5.43. The number of aromatic nitrogens is 3. The molecule has 1 aliphatic heterocycles. The molecule has 3 heterocycles. The van der Waals surface area contributed by atoms with Gasteiger partial charge >= 0.3 is 6.09 Å². The summed E-state index contributed by atoms with van der Waals surface area (Å²) in [4.78, 5) is 30.4. The minimum absolute atomic E-state index is 0.157. The Labute approximate surface area is 234 Å². The van der Waals surface area contributed by atoms with E-state index in [1.807, 2.05) is 42.6 Å². The first-order chi connectivity index (χ1) is 19.9. The Hall–Kier alpha value is -5.45. The van der Waals surface area contributed by atoms with Crippen LogP contribution >= 0.6 is 0 Å². The van der Waals surface area contributed by atoms with Crippen molar-refractivity contribution in [3.8, 4) is 16.9 Å². The van der Waals surface area contributed by atoms with Crippen molar-refractivity contribution >= 4 is 40.7 Å². The van der Waals surface area contributed by atoms with Crippen LogP contribution in [0.2, 0.25) is 0 Å². The lowest BCUT2D eigenvalue weighted by Gasteiger charge is -2.16. The minimum atomic E-state index is -0.383. The molecule has 0 unspecified atom stereocenters. The van der Waals surface area contributed by atoms with E-state index >= 15 is 0 Å². The zero-order valence-electron chi connectivity index (χ0n) is 22.0. The van der Waals surface area contributed by atoms with Crippen LogP contribution in [0.15, 0.2) is 85.1 Å². The van der Waals surface area contributed by atoms with Crippen molar-refractivity contribution in [1.29, 1.82) is 0 Å². The van der Waals surface area contributed by atoms with Crippen molar-refractivity contribution in [3.63, 3.8) is 0 Å². The topological polar surface area (TPSA) is 110 Å². The fourth-order valence-corrected chi connectivity index (χ4v) is 4.55. The maximum atomic E-state index is 13.1. The Morgan fingerprint density at radius 3 is 2.54 bits per heavy atom. The van der Waals surface area contributed by atoms with Crippen molar-refractivity contribution in [2.24, 2.45) is 0 Å². The van der Waals surface area contributed by atoms with E-state index < -0.39 is 0 Å². The number of fused-ring (bicyclic) bond motifs is 1. The SMILES string of the molecule is COc1cc(N2CCOC2=O)ccc1Nc1nc2ccc(-c3ccc(NC(=O)Cc4ccc(F)cc4)cc3)cn2n1. The maximum Gasteiger partial charge on any atom is 0.414 e. The molecule has 6 rings (SSSR count). The number of ether oxygens (including phenoxy) is 2. The predicted molar refractivity (Wildman–Crippen MR) is 152 cm³/mol. The number of carbonyl (C=O) groups is 2. The van der Waals surface area contributed by atoms with Gasteiger partial charge in [-0.25, -0.2) is 13.7 Å². The van der Waals surface area contributed by atoms with Crippen molar-refractivity contribution in [2.45, 2.75) is 6.42 Å². The van der Waals surface area contributed by atoms with E-state index in [1.54, 1.807) is 46.9 Å². The first-order valence-electron chi connectivity index (χ1n) is 12.9. The first-order valence-corrected chi connectivity index (χ1v) is 12.9. The molecule has 2 N–H and O–H groups in total. The van der Waals surface area contributed by atoms with E-state index in [9.17, 15) is 14.0 Å². The molecule has 3 aromatic carbocycles. The van der Waals surface area contributed by atoms with Gasteiger partial charge in [-0.2, -0.15) is 4.98 Å². The summed E-state index contributed by atoms with van der Waals surface area (Å²) in [6.07, 6.45) is 1.64. The Kier molecular flexibility index (Phi) is 6.90. The van der Waals surface area contributed by atoms with Gasteiger partial charge in [-0.3, -0.25) is 9.69 Å². The molecule has 206 valence electrons. The lowest BCUT2D eigenvalue weighted by molar-refractivity contribution is -0.115. The van der Waals surface area contributed by atoms with E-state index in [1.165, 1.54) is 12.1 Å². The minimum Gasteiger partial charge on any atom is -0.494 e. The monoisotopic (exact) mass is 552 g/mol. The number of carbonyl (C=O) groups excluding carboxylic acids is 2. The second kappa shape index (κ2) is 11.0. The third-order valence-corrected chi connectivity index (χ3v) is 6.61. The van der Waals surface area contributed by atoms with Crippen molar-refractivity contribution < 1.29 is 23.5 Å². The van der Waals surface area contributed by atoms with Crippen LogP contribution in [0.25, 0.3) is 16.8 Å². The maximum absolute atomic E-state index is 13.1. The number of nitrogens with one attached hydrogen (secondary N) is 2. The number of rotatable bonds is 8. The quantitative estimate of drug-likeness (QED) is 0.264. The number of methoxy groups -OCH3 is 1. The molecule has 2 amide bonds. The van der Waals surface area contributed by atoms with E-state index in [0.29, 0.717) is 47.6 Å². The summed E-state index contributed by atoms with van der Waals surface area (Å²) >= 11 is 0. The van der Waals surface area contributed by atoms with Crippen molar-refractivity contribution in [3.05, 3.63) is 96.4 Å². The highest BCUT2D eigenvalue weighted by Gasteiger charge is 2.24. The number of benzene rings is 3. The summed E-state index contributed by atoms with van der Waals surface area (Å²) in [7, 11) is 1.55. The van der Waals surface area contributed by atoms with Gasteiger partial charge in [0.1, 0.15) is 18.2 Å². The Bertz CT molecular complexity index is 1740. The summed E-state index contributed by atoms with van der Waals surface area (Å²) in [5, 5.41) is 10.6. The van der Waals surface area contributed by atoms with E-state index in [-0.39, 0.29) is 24.2 Å².